The van der Waals surface area contributed by atoms with Crippen molar-refractivity contribution < 1.29 is 12.8 Å². The predicted molar refractivity (Wildman–Crippen MR) is 81.4 cm³/mol. The average molecular weight is 324 g/mol. The largest absolute Gasteiger partial charge is 0.468 e. The molecule has 22 heavy (non-hydrogen) atoms. The lowest BCUT2D eigenvalue weighted by Crippen LogP contribution is -2.37. The van der Waals surface area contributed by atoms with Gasteiger partial charge >= 0.3 is 0 Å². The Morgan fingerprint density at radius 3 is 2.86 bits per heavy atom. The smallest absolute Gasteiger partial charge is 0.211 e. The van der Waals surface area contributed by atoms with Crippen molar-refractivity contribution in [2.75, 3.05) is 19.8 Å². The van der Waals surface area contributed by atoms with Crippen molar-refractivity contribution in [2.45, 2.75) is 26.2 Å². The molecule has 2 aromatic rings. The number of rotatable bonds is 5. The standard InChI is InChI=1S/C14H20N4O3S/c1-16(10-13-4-3-7-21-13)8-12-9-17-5-6-18(22(2,19)20)11-14(17)15-12/h3-4,7,9H,5-6,8,10-11H2,1-2H3. The maximum absolute atomic E-state index is 11.6. The number of fused-ring (bicyclic) bond motifs is 1. The third-order valence-electron chi connectivity index (χ3n) is 3.72. The maximum Gasteiger partial charge on any atom is 0.211 e. The number of sulfonamides is 1. The number of hydrogen-bond acceptors (Lipinski definition) is 5. The van der Waals surface area contributed by atoms with Gasteiger partial charge in [-0.3, -0.25) is 4.90 Å². The Labute approximate surface area is 130 Å². The van der Waals surface area contributed by atoms with Gasteiger partial charge in [0.2, 0.25) is 10.0 Å². The average Bonchev–Trinajstić information content (AvgIpc) is 3.04. The van der Waals surface area contributed by atoms with Gasteiger partial charge in [0.15, 0.2) is 0 Å². The van der Waals surface area contributed by atoms with Gasteiger partial charge in [-0.2, -0.15) is 4.31 Å². The highest BCUT2D eigenvalue weighted by molar-refractivity contribution is 7.88. The van der Waals surface area contributed by atoms with Crippen LogP contribution in [0.25, 0.3) is 0 Å². The lowest BCUT2D eigenvalue weighted by molar-refractivity contribution is 0.285. The first kappa shape index (κ1) is 15.3. The lowest BCUT2D eigenvalue weighted by Gasteiger charge is -2.25. The Hall–Kier alpha value is -1.64. The molecule has 0 atom stereocenters. The number of aromatic nitrogens is 2. The van der Waals surface area contributed by atoms with Gasteiger partial charge < -0.3 is 8.98 Å². The first-order chi connectivity index (χ1) is 10.4. The molecule has 1 aliphatic heterocycles. The summed E-state index contributed by atoms with van der Waals surface area (Å²) >= 11 is 0. The van der Waals surface area contributed by atoms with Crippen LogP contribution in [0.5, 0.6) is 0 Å². The van der Waals surface area contributed by atoms with Crippen molar-refractivity contribution in [3.63, 3.8) is 0 Å². The van der Waals surface area contributed by atoms with Crippen LogP contribution in [0, 0.1) is 0 Å². The van der Waals surface area contributed by atoms with E-state index in [1.54, 1.807) is 6.26 Å². The third-order valence-corrected chi connectivity index (χ3v) is 4.97. The van der Waals surface area contributed by atoms with Crippen LogP contribution in [0.3, 0.4) is 0 Å². The highest BCUT2D eigenvalue weighted by Gasteiger charge is 2.24. The molecule has 3 heterocycles. The molecule has 0 aromatic carbocycles. The Morgan fingerprint density at radius 2 is 2.18 bits per heavy atom. The first-order valence-corrected chi connectivity index (χ1v) is 8.97. The van der Waals surface area contributed by atoms with Crippen molar-refractivity contribution in [3.05, 3.63) is 41.9 Å². The van der Waals surface area contributed by atoms with Gasteiger partial charge in [-0.05, 0) is 19.2 Å². The van der Waals surface area contributed by atoms with Crippen LogP contribution in [0.15, 0.2) is 29.0 Å². The van der Waals surface area contributed by atoms with Gasteiger partial charge in [-0.15, -0.1) is 0 Å². The zero-order valence-corrected chi connectivity index (χ0v) is 13.6. The summed E-state index contributed by atoms with van der Waals surface area (Å²) < 4.78 is 32.1. The van der Waals surface area contributed by atoms with E-state index in [2.05, 4.69) is 9.88 Å². The SMILES string of the molecule is CN(Cc1cn2c(n1)CN(S(C)(=O)=O)CC2)Cc1ccco1. The van der Waals surface area contributed by atoms with Gasteiger partial charge in [0.1, 0.15) is 11.6 Å². The fourth-order valence-electron chi connectivity index (χ4n) is 2.65. The summed E-state index contributed by atoms with van der Waals surface area (Å²) in [7, 11) is -1.16. The van der Waals surface area contributed by atoms with Gasteiger partial charge in [-0.25, -0.2) is 13.4 Å². The van der Waals surface area contributed by atoms with E-state index < -0.39 is 10.0 Å². The fraction of sp³-hybridized carbons (Fsp3) is 0.500. The predicted octanol–water partition coefficient (Wildman–Crippen LogP) is 0.883. The van der Waals surface area contributed by atoms with Crippen molar-refractivity contribution in [1.82, 2.24) is 18.8 Å². The van der Waals surface area contributed by atoms with E-state index in [1.807, 2.05) is 29.9 Å². The minimum Gasteiger partial charge on any atom is -0.468 e. The fourth-order valence-corrected chi connectivity index (χ4v) is 3.41. The molecule has 8 heteroatoms. The second-order valence-corrected chi connectivity index (χ2v) is 7.67. The maximum atomic E-state index is 11.6. The molecule has 3 rings (SSSR count). The zero-order chi connectivity index (χ0) is 15.7. The number of nitrogens with zero attached hydrogens (tertiary/aromatic N) is 4. The molecule has 0 saturated carbocycles. The van der Waals surface area contributed by atoms with Crippen molar-refractivity contribution in [3.8, 4) is 0 Å². The molecule has 0 spiro atoms. The van der Waals surface area contributed by atoms with Crippen LogP contribution in [-0.2, 0) is 36.2 Å². The van der Waals surface area contributed by atoms with Crippen LogP contribution in [0.2, 0.25) is 0 Å². The van der Waals surface area contributed by atoms with Crippen LogP contribution in [-0.4, -0.2) is 47.0 Å². The normalized spacial score (nSPS) is 16.1. The van der Waals surface area contributed by atoms with E-state index in [9.17, 15) is 8.42 Å². The van der Waals surface area contributed by atoms with Crippen LogP contribution in [0.4, 0.5) is 0 Å². The molecule has 1 aliphatic rings. The second-order valence-electron chi connectivity index (χ2n) is 5.69. The molecular weight excluding hydrogens is 304 g/mol. The molecule has 0 saturated heterocycles. The Bertz CT molecular complexity index is 736. The number of furan rings is 1. The number of imidazole rings is 1. The zero-order valence-electron chi connectivity index (χ0n) is 12.8. The Balaban J connectivity index is 1.66. The van der Waals surface area contributed by atoms with E-state index in [0.717, 1.165) is 17.3 Å². The molecule has 0 fully saturated rings. The molecule has 0 unspecified atom stereocenters. The summed E-state index contributed by atoms with van der Waals surface area (Å²) in [4.78, 5) is 6.68. The molecule has 0 bridgehead atoms. The highest BCUT2D eigenvalue weighted by atomic mass is 32.2. The molecule has 7 nitrogen and oxygen atoms in total. The van der Waals surface area contributed by atoms with Gasteiger partial charge in [0.05, 0.1) is 31.3 Å². The quantitative estimate of drug-likeness (QED) is 0.816. The molecule has 0 aliphatic carbocycles. The summed E-state index contributed by atoms with van der Waals surface area (Å²) in [6, 6.07) is 3.82. The third kappa shape index (κ3) is 3.40. The van der Waals surface area contributed by atoms with Crippen LogP contribution < -0.4 is 0 Å². The summed E-state index contributed by atoms with van der Waals surface area (Å²) in [6.45, 7) is 2.91. The minimum absolute atomic E-state index is 0.348. The van der Waals surface area contributed by atoms with E-state index in [1.165, 1.54) is 10.6 Å². The molecule has 0 amide bonds. The summed E-state index contributed by atoms with van der Waals surface area (Å²) in [5.41, 5.74) is 0.944. The van der Waals surface area contributed by atoms with E-state index in [4.69, 9.17) is 4.42 Å². The van der Waals surface area contributed by atoms with Gasteiger partial charge in [0.25, 0.3) is 0 Å². The van der Waals surface area contributed by atoms with E-state index in [-0.39, 0.29) is 0 Å². The van der Waals surface area contributed by atoms with E-state index in [0.29, 0.717) is 32.7 Å². The lowest BCUT2D eigenvalue weighted by atomic mass is 10.4. The molecule has 0 radical (unpaired) electrons. The number of hydrogen-bond donors (Lipinski definition) is 0. The Morgan fingerprint density at radius 1 is 1.36 bits per heavy atom. The summed E-state index contributed by atoms with van der Waals surface area (Å²) in [6.07, 6.45) is 4.91. The molecule has 120 valence electrons. The van der Waals surface area contributed by atoms with Crippen molar-refractivity contribution in [1.29, 1.82) is 0 Å². The summed E-state index contributed by atoms with van der Waals surface area (Å²) in [5, 5.41) is 0. The molecular formula is C14H20N4O3S. The summed E-state index contributed by atoms with van der Waals surface area (Å²) in [5.74, 6) is 1.72. The van der Waals surface area contributed by atoms with Gasteiger partial charge in [-0.1, -0.05) is 0 Å². The van der Waals surface area contributed by atoms with Crippen molar-refractivity contribution >= 4 is 10.0 Å². The molecule has 2 aromatic heterocycles. The monoisotopic (exact) mass is 324 g/mol. The van der Waals surface area contributed by atoms with Crippen LogP contribution >= 0.6 is 0 Å². The first-order valence-electron chi connectivity index (χ1n) is 7.13. The highest BCUT2D eigenvalue weighted by Crippen LogP contribution is 2.16. The second kappa shape index (κ2) is 5.86. The minimum atomic E-state index is -3.16. The topological polar surface area (TPSA) is 71.6 Å². The van der Waals surface area contributed by atoms with Crippen LogP contribution in [0.1, 0.15) is 17.3 Å². The van der Waals surface area contributed by atoms with Crippen molar-refractivity contribution in [2.24, 2.45) is 0 Å². The van der Waals surface area contributed by atoms with Gasteiger partial charge in [0, 0.05) is 25.8 Å². The molecule has 0 N–H and O–H groups in total. The van der Waals surface area contributed by atoms with E-state index >= 15 is 0 Å². The Kier molecular flexibility index (Phi) is 4.07.